The van der Waals surface area contributed by atoms with Crippen molar-refractivity contribution in [1.82, 2.24) is 4.98 Å². The third kappa shape index (κ3) is 2.97. The summed E-state index contributed by atoms with van der Waals surface area (Å²) in [5.41, 5.74) is 3.17. The molecule has 1 aliphatic carbocycles. The Labute approximate surface area is 152 Å². The van der Waals surface area contributed by atoms with E-state index >= 15 is 0 Å². The second-order valence-corrected chi connectivity index (χ2v) is 6.64. The van der Waals surface area contributed by atoms with Crippen LogP contribution in [0.25, 0.3) is 22.6 Å². The normalized spacial score (nSPS) is 15.3. The van der Waals surface area contributed by atoms with Gasteiger partial charge in [-0.25, -0.2) is 0 Å². The van der Waals surface area contributed by atoms with Crippen molar-refractivity contribution in [3.05, 3.63) is 59.6 Å². The van der Waals surface area contributed by atoms with Crippen LogP contribution in [0.5, 0.6) is 5.75 Å². The van der Waals surface area contributed by atoms with Crippen LogP contribution in [0, 0.1) is 11.3 Å². The zero-order valence-electron chi connectivity index (χ0n) is 14.7. The topological polar surface area (TPSA) is 59.0 Å². The maximum Gasteiger partial charge on any atom is 0.176 e. The molecule has 4 heteroatoms. The Kier molecular flexibility index (Phi) is 4.45. The Morgan fingerprint density at radius 2 is 2.00 bits per heavy atom. The number of aromatic nitrogens is 1. The number of ether oxygens (including phenoxy) is 1. The van der Waals surface area contributed by atoms with Gasteiger partial charge in [-0.05, 0) is 54.3 Å². The quantitative estimate of drug-likeness (QED) is 0.582. The molecule has 3 aromatic rings. The Balaban J connectivity index is 1.84. The van der Waals surface area contributed by atoms with Crippen LogP contribution in [0.4, 0.5) is 0 Å². The van der Waals surface area contributed by atoms with Gasteiger partial charge in [0, 0.05) is 23.7 Å². The number of rotatable bonds is 4. The van der Waals surface area contributed by atoms with E-state index in [-0.39, 0.29) is 0 Å². The maximum absolute atomic E-state index is 9.60. The van der Waals surface area contributed by atoms with E-state index in [0.29, 0.717) is 11.5 Å². The number of nitrogens with zero attached hydrogens (tertiary/aromatic N) is 2. The SMILES string of the molecule is COc1ccc(/C=C(\C#N)c2ccncc2)c2cc(C3CCCC3)oc12. The first kappa shape index (κ1) is 16.4. The Morgan fingerprint density at radius 3 is 2.69 bits per heavy atom. The van der Waals surface area contributed by atoms with E-state index in [1.165, 1.54) is 25.7 Å². The fraction of sp³-hybridized carbons (Fsp3) is 0.273. The Bertz CT molecular complexity index is 990. The summed E-state index contributed by atoms with van der Waals surface area (Å²) < 4.78 is 11.7. The zero-order chi connectivity index (χ0) is 17.9. The predicted octanol–water partition coefficient (Wildman–Crippen LogP) is 5.56. The highest BCUT2D eigenvalue weighted by Gasteiger charge is 2.22. The lowest BCUT2D eigenvalue weighted by Crippen LogP contribution is -1.87. The van der Waals surface area contributed by atoms with E-state index in [4.69, 9.17) is 9.15 Å². The molecule has 0 spiro atoms. The van der Waals surface area contributed by atoms with Crippen LogP contribution in [0.2, 0.25) is 0 Å². The van der Waals surface area contributed by atoms with Gasteiger partial charge in [-0.2, -0.15) is 5.26 Å². The van der Waals surface area contributed by atoms with Gasteiger partial charge in [-0.15, -0.1) is 0 Å². The maximum atomic E-state index is 9.60. The number of benzene rings is 1. The molecule has 1 aromatic carbocycles. The molecule has 0 unspecified atom stereocenters. The van der Waals surface area contributed by atoms with Gasteiger partial charge in [-0.1, -0.05) is 18.9 Å². The van der Waals surface area contributed by atoms with Gasteiger partial charge in [-0.3, -0.25) is 4.98 Å². The van der Waals surface area contributed by atoms with Crippen LogP contribution in [0.15, 0.2) is 47.1 Å². The Morgan fingerprint density at radius 1 is 1.23 bits per heavy atom. The standard InChI is InChI=1S/C22H20N2O2/c1-25-20-7-6-17(12-18(14-23)15-8-10-24-11-9-15)19-13-21(26-22(19)20)16-4-2-3-5-16/h6-13,16H,2-5H2,1H3/b18-12+. The average molecular weight is 344 g/mol. The highest BCUT2D eigenvalue weighted by molar-refractivity contribution is 5.98. The summed E-state index contributed by atoms with van der Waals surface area (Å²) in [5, 5.41) is 10.6. The molecule has 4 nitrogen and oxygen atoms in total. The van der Waals surface area contributed by atoms with Crippen LogP contribution in [-0.4, -0.2) is 12.1 Å². The first-order chi connectivity index (χ1) is 12.8. The van der Waals surface area contributed by atoms with Gasteiger partial charge in [0.2, 0.25) is 0 Å². The smallest absolute Gasteiger partial charge is 0.176 e. The van der Waals surface area contributed by atoms with Crippen molar-refractivity contribution in [2.45, 2.75) is 31.6 Å². The van der Waals surface area contributed by atoms with Crippen LogP contribution >= 0.6 is 0 Å². The lowest BCUT2D eigenvalue weighted by Gasteiger charge is -2.04. The van der Waals surface area contributed by atoms with Crippen LogP contribution in [0.1, 0.15) is 48.5 Å². The lowest BCUT2D eigenvalue weighted by atomic mass is 10.0. The molecule has 2 aromatic heterocycles. The first-order valence-electron chi connectivity index (χ1n) is 8.93. The van der Waals surface area contributed by atoms with Crippen molar-refractivity contribution in [1.29, 1.82) is 5.26 Å². The molecule has 1 fully saturated rings. The summed E-state index contributed by atoms with van der Waals surface area (Å²) in [6.45, 7) is 0. The minimum Gasteiger partial charge on any atom is -0.493 e. The summed E-state index contributed by atoms with van der Waals surface area (Å²) in [6, 6.07) is 12.0. The van der Waals surface area contributed by atoms with Crippen molar-refractivity contribution < 1.29 is 9.15 Å². The molecule has 0 bridgehead atoms. The third-order valence-electron chi connectivity index (χ3n) is 5.09. The van der Waals surface area contributed by atoms with E-state index in [1.807, 2.05) is 30.3 Å². The zero-order valence-corrected chi connectivity index (χ0v) is 14.7. The van der Waals surface area contributed by atoms with Gasteiger partial charge in [0.1, 0.15) is 5.76 Å². The minimum absolute atomic E-state index is 0.486. The second kappa shape index (κ2) is 7.05. The molecular formula is C22H20N2O2. The van der Waals surface area contributed by atoms with Crippen molar-refractivity contribution >= 4 is 22.6 Å². The van der Waals surface area contributed by atoms with Gasteiger partial charge >= 0.3 is 0 Å². The summed E-state index contributed by atoms with van der Waals surface area (Å²) >= 11 is 0. The minimum atomic E-state index is 0.486. The van der Waals surface area contributed by atoms with Gasteiger partial charge in [0.05, 0.1) is 18.8 Å². The molecule has 4 rings (SSSR count). The number of furan rings is 1. The molecule has 0 amide bonds. The molecule has 26 heavy (non-hydrogen) atoms. The van der Waals surface area contributed by atoms with Crippen molar-refractivity contribution in [2.24, 2.45) is 0 Å². The average Bonchev–Trinajstić information content (AvgIpc) is 3.36. The molecule has 130 valence electrons. The van der Waals surface area contributed by atoms with Gasteiger partial charge in [0.25, 0.3) is 0 Å². The molecule has 0 aliphatic heterocycles. The number of hydrogen-bond acceptors (Lipinski definition) is 4. The Hall–Kier alpha value is -3.06. The van der Waals surface area contributed by atoms with Gasteiger partial charge in [0.15, 0.2) is 11.3 Å². The number of fused-ring (bicyclic) bond motifs is 1. The molecule has 1 aliphatic rings. The van der Waals surface area contributed by atoms with E-state index in [2.05, 4.69) is 17.1 Å². The number of allylic oxidation sites excluding steroid dienone is 1. The molecule has 1 saturated carbocycles. The second-order valence-electron chi connectivity index (χ2n) is 6.64. The van der Waals surface area contributed by atoms with E-state index in [0.717, 1.165) is 33.6 Å². The van der Waals surface area contributed by atoms with E-state index in [9.17, 15) is 5.26 Å². The monoisotopic (exact) mass is 344 g/mol. The summed E-state index contributed by atoms with van der Waals surface area (Å²) in [7, 11) is 1.65. The van der Waals surface area contributed by atoms with Crippen LogP contribution in [-0.2, 0) is 0 Å². The number of hydrogen-bond donors (Lipinski definition) is 0. The van der Waals surface area contributed by atoms with E-state index in [1.54, 1.807) is 19.5 Å². The molecular weight excluding hydrogens is 324 g/mol. The fourth-order valence-corrected chi connectivity index (χ4v) is 3.70. The number of methoxy groups -OCH3 is 1. The third-order valence-corrected chi connectivity index (χ3v) is 5.09. The number of pyridine rings is 1. The summed E-state index contributed by atoms with van der Waals surface area (Å²) in [5.74, 6) is 2.24. The van der Waals surface area contributed by atoms with Crippen molar-refractivity contribution in [3.8, 4) is 11.8 Å². The largest absolute Gasteiger partial charge is 0.493 e. The predicted molar refractivity (Wildman–Crippen MR) is 102 cm³/mol. The molecule has 0 saturated heterocycles. The number of nitriles is 1. The molecule has 0 N–H and O–H groups in total. The highest BCUT2D eigenvalue weighted by atomic mass is 16.5. The lowest BCUT2D eigenvalue weighted by molar-refractivity contribution is 0.404. The molecule has 2 heterocycles. The fourth-order valence-electron chi connectivity index (χ4n) is 3.70. The highest BCUT2D eigenvalue weighted by Crippen LogP contribution is 2.40. The summed E-state index contributed by atoms with van der Waals surface area (Å²) in [6.07, 6.45) is 10.2. The van der Waals surface area contributed by atoms with Crippen LogP contribution < -0.4 is 4.74 Å². The first-order valence-corrected chi connectivity index (χ1v) is 8.93. The molecule has 0 radical (unpaired) electrons. The van der Waals surface area contributed by atoms with Crippen molar-refractivity contribution in [3.63, 3.8) is 0 Å². The molecule has 0 atom stereocenters. The van der Waals surface area contributed by atoms with E-state index < -0.39 is 0 Å². The van der Waals surface area contributed by atoms with Crippen molar-refractivity contribution in [2.75, 3.05) is 7.11 Å². The van der Waals surface area contributed by atoms with Gasteiger partial charge < -0.3 is 9.15 Å². The summed E-state index contributed by atoms with van der Waals surface area (Å²) in [4.78, 5) is 4.02. The van der Waals surface area contributed by atoms with Crippen LogP contribution in [0.3, 0.4) is 0 Å².